The molecule has 0 aliphatic heterocycles. The van der Waals surface area contributed by atoms with Gasteiger partial charge in [0.15, 0.2) is 0 Å². The highest BCUT2D eigenvalue weighted by atomic mass is 35.5. The summed E-state index contributed by atoms with van der Waals surface area (Å²) >= 11 is 5.95. The van der Waals surface area contributed by atoms with Gasteiger partial charge in [0.05, 0.1) is 0 Å². The highest BCUT2D eigenvalue weighted by Crippen LogP contribution is 2.35. The second-order valence-corrected chi connectivity index (χ2v) is 3.25. The van der Waals surface area contributed by atoms with Gasteiger partial charge in [-0.3, -0.25) is 4.98 Å². The average Bonchev–Trinajstić information content (AvgIpc) is 2.49. The molecule has 0 spiro atoms. The van der Waals surface area contributed by atoms with Crippen LogP contribution in [0.5, 0.6) is 0 Å². The van der Waals surface area contributed by atoms with Crippen molar-refractivity contribution in [3.8, 4) is 0 Å². The van der Waals surface area contributed by atoms with Crippen LogP contribution in [0.15, 0.2) is 12.3 Å². The van der Waals surface area contributed by atoms with Crippen LogP contribution in [-0.2, 0) is 6.42 Å². The highest BCUT2D eigenvalue weighted by Gasteiger charge is 2.29. The van der Waals surface area contributed by atoms with Crippen LogP contribution in [0.2, 0.25) is 5.02 Å². The van der Waals surface area contributed by atoms with Gasteiger partial charge in [-0.25, -0.2) is 6.57 Å². The van der Waals surface area contributed by atoms with Crippen molar-refractivity contribution in [3.63, 3.8) is 0 Å². The van der Waals surface area contributed by atoms with Crippen molar-refractivity contribution >= 4 is 11.6 Å². The lowest BCUT2D eigenvalue weighted by Gasteiger charge is -1.98. The van der Waals surface area contributed by atoms with Crippen molar-refractivity contribution in [1.82, 2.24) is 4.98 Å². The number of nitrogens with zero attached hydrogens (tertiary/aromatic N) is 2. The van der Waals surface area contributed by atoms with Gasteiger partial charge in [-0.1, -0.05) is 11.6 Å². The quantitative estimate of drug-likeness (QED) is 0.559. The molecule has 0 saturated carbocycles. The van der Waals surface area contributed by atoms with Gasteiger partial charge in [0.1, 0.15) is 5.69 Å². The van der Waals surface area contributed by atoms with Crippen molar-refractivity contribution in [2.24, 2.45) is 0 Å². The zero-order chi connectivity index (χ0) is 8.55. The van der Waals surface area contributed by atoms with E-state index in [1.54, 1.807) is 12.3 Å². The topological polar surface area (TPSA) is 17.2 Å². The predicted molar refractivity (Wildman–Crippen MR) is 46.9 cm³/mol. The minimum Gasteiger partial charge on any atom is -0.307 e. The molecule has 0 N–H and O–H groups in total. The summed E-state index contributed by atoms with van der Waals surface area (Å²) in [4.78, 5) is 7.67. The molecule has 0 fully saturated rings. The van der Waals surface area contributed by atoms with Crippen LogP contribution in [0.25, 0.3) is 4.85 Å². The van der Waals surface area contributed by atoms with Crippen molar-refractivity contribution in [1.29, 1.82) is 0 Å². The Labute approximate surface area is 76.0 Å². The lowest BCUT2D eigenvalue weighted by atomic mass is 10.2. The molecule has 1 aliphatic rings. The van der Waals surface area contributed by atoms with Gasteiger partial charge in [0.2, 0.25) is 0 Å². The predicted octanol–water partition coefficient (Wildman–Crippen LogP) is 2.64. The molecule has 0 bridgehead atoms. The molecule has 0 amide bonds. The summed E-state index contributed by atoms with van der Waals surface area (Å²) in [6.45, 7) is 6.94. The molecule has 1 aromatic heterocycles. The smallest absolute Gasteiger partial charge is 0.265 e. The van der Waals surface area contributed by atoms with Gasteiger partial charge in [-0.2, -0.15) is 0 Å². The SMILES string of the molecule is [C-]#[N+]C1CCc2c(Cl)ccnc21. The maximum Gasteiger partial charge on any atom is 0.265 e. The number of halogens is 1. The Morgan fingerprint density at radius 2 is 2.50 bits per heavy atom. The van der Waals surface area contributed by atoms with E-state index in [1.807, 2.05) is 0 Å². The van der Waals surface area contributed by atoms with Crippen LogP contribution in [-0.4, -0.2) is 4.98 Å². The lowest BCUT2D eigenvalue weighted by molar-refractivity contribution is 0.793. The maximum atomic E-state index is 6.94. The van der Waals surface area contributed by atoms with E-state index < -0.39 is 0 Å². The van der Waals surface area contributed by atoms with E-state index in [2.05, 4.69) is 9.83 Å². The first-order chi connectivity index (χ1) is 5.83. The Morgan fingerprint density at radius 1 is 1.67 bits per heavy atom. The van der Waals surface area contributed by atoms with E-state index in [9.17, 15) is 0 Å². The molecule has 1 aromatic rings. The molecule has 2 nitrogen and oxygen atoms in total. The molecule has 60 valence electrons. The number of fused-ring (bicyclic) bond motifs is 1. The number of hydrogen-bond acceptors (Lipinski definition) is 1. The summed E-state index contributed by atoms with van der Waals surface area (Å²) < 4.78 is 0. The molecule has 2 rings (SSSR count). The Balaban J connectivity index is 2.55. The van der Waals surface area contributed by atoms with E-state index in [0.29, 0.717) is 0 Å². The summed E-state index contributed by atoms with van der Waals surface area (Å²) in [5.74, 6) is 0. The summed E-state index contributed by atoms with van der Waals surface area (Å²) in [6, 6.07) is 1.73. The van der Waals surface area contributed by atoms with Crippen molar-refractivity contribution in [2.75, 3.05) is 0 Å². The molecule has 1 unspecified atom stereocenters. The molecule has 3 heteroatoms. The minimum atomic E-state index is -0.0568. The van der Waals surface area contributed by atoms with Gasteiger partial charge in [-0.15, -0.1) is 0 Å². The van der Waals surface area contributed by atoms with Crippen LogP contribution < -0.4 is 0 Å². The van der Waals surface area contributed by atoms with Gasteiger partial charge in [0, 0.05) is 23.2 Å². The van der Waals surface area contributed by atoms with E-state index in [1.165, 1.54) is 0 Å². The molecular weight excluding hydrogens is 172 g/mol. The number of hydrogen-bond donors (Lipinski definition) is 0. The Bertz CT molecular complexity index is 354. The third kappa shape index (κ3) is 0.981. The van der Waals surface area contributed by atoms with Gasteiger partial charge in [0.25, 0.3) is 6.04 Å². The molecule has 1 atom stereocenters. The third-order valence-corrected chi connectivity index (χ3v) is 2.53. The van der Waals surface area contributed by atoms with E-state index in [0.717, 1.165) is 29.1 Å². The normalized spacial score (nSPS) is 20.2. The molecule has 0 aromatic carbocycles. The first kappa shape index (κ1) is 7.57. The number of pyridine rings is 1. The van der Waals surface area contributed by atoms with Crippen LogP contribution in [0.3, 0.4) is 0 Å². The second-order valence-electron chi connectivity index (χ2n) is 2.84. The standard InChI is InChI=1S/C9H7ClN2/c1-11-8-3-2-6-7(10)4-5-12-9(6)8/h4-5,8H,2-3H2. The lowest BCUT2D eigenvalue weighted by Crippen LogP contribution is -1.90. The number of aromatic nitrogens is 1. The molecule has 0 saturated heterocycles. The summed E-state index contributed by atoms with van der Waals surface area (Å²) in [7, 11) is 0. The van der Waals surface area contributed by atoms with Gasteiger partial charge < -0.3 is 4.85 Å². The van der Waals surface area contributed by atoms with Crippen molar-refractivity contribution < 1.29 is 0 Å². The Kier molecular flexibility index (Phi) is 1.74. The zero-order valence-electron chi connectivity index (χ0n) is 6.42. The van der Waals surface area contributed by atoms with Crippen molar-refractivity contribution in [3.05, 3.63) is 40.0 Å². The fourth-order valence-corrected chi connectivity index (χ4v) is 1.81. The Hall–Kier alpha value is -1.07. The molecule has 12 heavy (non-hydrogen) atoms. The third-order valence-electron chi connectivity index (χ3n) is 2.17. The van der Waals surface area contributed by atoms with Crippen LogP contribution >= 0.6 is 11.6 Å². The first-order valence-corrected chi connectivity index (χ1v) is 4.20. The van der Waals surface area contributed by atoms with E-state index in [-0.39, 0.29) is 6.04 Å². The summed E-state index contributed by atoms with van der Waals surface area (Å²) in [6.07, 6.45) is 3.44. The number of rotatable bonds is 0. The van der Waals surface area contributed by atoms with Gasteiger partial charge in [-0.05, 0) is 12.5 Å². The van der Waals surface area contributed by atoms with Crippen LogP contribution in [0, 0.1) is 6.57 Å². The second kappa shape index (κ2) is 2.76. The van der Waals surface area contributed by atoms with Crippen LogP contribution in [0.4, 0.5) is 0 Å². The van der Waals surface area contributed by atoms with Crippen molar-refractivity contribution in [2.45, 2.75) is 18.9 Å². The molecule has 0 radical (unpaired) electrons. The summed E-state index contributed by atoms with van der Waals surface area (Å²) in [5, 5.41) is 0.756. The largest absolute Gasteiger partial charge is 0.307 e. The molecular formula is C9H7ClN2. The van der Waals surface area contributed by atoms with E-state index in [4.69, 9.17) is 18.2 Å². The highest BCUT2D eigenvalue weighted by molar-refractivity contribution is 6.31. The minimum absolute atomic E-state index is 0.0568. The maximum absolute atomic E-state index is 6.94. The first-order valence-electron chi connectivity index (χ1n) is 3.83. The average molecular weight is 179 g/mol. The fraction of sp³-hybridized carbons (Fsp3) is 0.333. The summed E-state index contributed by atoms with van der Waals surface area (Å²) in [5.41, 5.74) is 1.96. The monoisotopic (exact) mass is 178 g/mol. The molecule has 1 heterocycles. The Morgan fingerprint density at radius 3 is 3.25 bits per heavy atom. The van der Waals surface area contributed by atoms with Crippen LogP contribution in [0.1, 0.15) is 23.7 Å². The zero-order valence-corrected chi connectivity index (χ0v) is 7.17. The molecule has 1 aliphatic carbocycles. The van der Waals surface area contributed by atoms with E-state index >= 15 is 0 Å². The van der Waals surface area contributed by atoms with Gasteiger partial charge >= 0.3 is 0 Å². The fourth-order valence-electron chi connectivity index (χ4n) is 1.56.